The highest BCUT2D eigenvalue weighted by atomic mass is 79.9. The van der Waals surface area contributed by atoms with Crippen LogP contribution in [0.2, 0.25) is 0 Å². The SMILES string of the molecule is CN1CCNc2cc(Br)cnc21. The second-order valence-electron chi connectivity index (χ2n) is 2.87. The molecule has 3 nitrogen and oxygen atoms in total. The molecule has 0 radical (unpaired) electrons. The van der Waals surface area contributed by atoms with E-state index in [1.54, 1.807) is 0 Å². The molecule has 2 rings (SSSR count). The average molecular weight is 228 g/mol. The van der Waals surface area contributed by atoms with Crippen LogP contribution in [0, 0.1) is 0 Å². The maximum atomic E-state index is 4.32. The lowest BCUT2D eigenvalue weighted by molar-refractivity contribution is 0.863. The molecule has 1 aliphatic heterocycles. The molecule has 0 saturated heterocycles. The molecule has 64 valence electrons. The maximum Gasteiger partial charge on any atom is 0.151 e. The van der Waals surface area contributed by atoms with Crippen molar-refractivity contribution in [2.24, 2.45) is 0 Å². The number of hydrogen-bond acceptors (Lipinski definition) is 3. The summed E-state index contributed by atoms with van der Waals surface area (Å²) in [5.74, 6) is 1.03. The van der Waals surface area contributed by atoms with Crippen LogP contribution in [-0.4, -0.2) is 25.1 Å². The van der Waals surface area contributed by atoms with Crippen LogP contribution in [-0.2, 0) is 0 Å². The number of rotatable bonds is 0. The van der Waals surface area contributed by atoms with Crippen LogP contribution in [0.3, 0.4) is 0 Å². The molecule has 1 aliphatic rings. The molecule has 4 heteroatoms. The molecule has 0 unspecified atom stereocenters. The summed E-state index contributed by atoms with van der Waals surface area (Å²) < 4.78 is 1.02. The Kier molecular flexibility index (Phi) is 1.92. The van der Waals surface area contributed by atoms with Crippen molar-refractivity contribution >= 4 is 27.4 Å². The number of likely N-dealkylation sites (N-methyl/N-ethyl adjacent to an activating group) is 1. The van der Waals surface area contributed by atoms with Gasteiger partial charge in [0.2, 0.25) is 0 Å². The van der Waals surface area contributed by atoms with Crippen LogP contribution in [0.25, 0.3) is 0 Å². The van der Waals surface area contributed by atoms with Crippen LogP contribution in [0.4, 0.5) is 11.5 Å². The Morgan fingerprint density at radius 2 is 2.50 bits per heavy atom. The summed E-state index contributed by atoms with van der Waals surface area (Å²) in [6, 6.07) is 2.05. The third-order valence-corrected chi connectivity index (χ3v) is 2.39. The Bertz CT molecular complexity index is 300. The lowest BCUT2D eigenvalue weighted by Gasteiger charge is -2.27. The van der Waals surface area contributed by atoms with Gasteiger partial charge in [0.15, 0.2) is 5.82 Å². The van der Waals surface area contributed by atoms with E-state index >= 15 is 0 Å². The second kappa shape index (κ2) is 2.94. The highest BCUT2D eigenvalue weighted by Crippen LogP contribution is 2.27. The Hall–Kier alpha value is -0.770. The first-order valence-corrected chi connectivity index (χ1v) is 4.67. The summed E-state index contributed by atoms with van der Waals surface area (Å²) in [6.07, 6.45) is 1.82. The Morgan fingerprint density at radius 3 is 3.33 bits per heavy atom. The summed E-state index contributed by atoms with van der Waals surface area (Å²) in [7, 11) is 2.06. The van der Waals surface area contributed by atoms with Crippen LogP contribution in [0.15, 0.2) is 16.7 Å². The van der Waals surface area contributed by atoms with E-state index in [-0.39, 0.29) is 0 Å². The predicted octanol–water partition coefficient (Wildman–Crippen LogP) is 1.71. The van der Waals surface area contributed by atoms with Crippen molar-refractivity contribution in [1.82, 2.24) is 4.98 Å². The molecule has 0 atom stereocenters. The van der Waals surface area contributed by atoms with E-state index in [0.717, 1.165) is 29.1 Å². The first kappa shape index (κ1) is 7.86. The minimum absolute atomic E-state index is 0.988. The normalized spacial score (nSPS) is 15.3. The third-order valence-electron chi connectivity index (χ3n) is 1.96. The minimum Gasteiger partial charge on any atom is -0.380 e. The van der Waals surface area contributed by atoms with Crippen LogP contribution in [0.1, 0.15) is 0 Å². The van der Waals surface area contributed by atoms with E-state index in [4.69, 9.17) is 0 Å². The fourth-order valence-corrected chi connectivity index (χ4v) is 1.66. The molecule has 0 fully saturated rings. The molecule has 0 spiro atoms. The van der Waals surface area contributed by atoms with Crippen LogP contribution < -0.4 is 10.2 Å². The number of aromatic nitrogens is 1. The van der Waals surface area contributed by atoms with Gasteiger partial charge >= 0.3 is 0 Å². The molecule has 0 amide bonds. The van der Waals surface area contributed by atoms with E-state index in [2.05, 4.69) is 44.2 Å². The van der Waals surface area contributed by atoms with Gasteiger partial charge in [-0.2, -0.15) is 0 Å². The molecule has 0 aliphatic carbocycles. The van der Waals surface area contributed by atoms with Crippen molar-refractivity contribution < 1.29 is 0 Å². The maximum absolute atomic E-state index is 4.32. The molecule has 0 bridgehead atoms. The van der Waals surface area contributed by atoms with Crippen LogP contribution >= 0.6 is 15.9 Å². The molecular formula is C8H10BrN3. The van der Waals surface area contributed by atoms with Crippen molar-refractivity contribution in [3.8, 4) is 0 Å². The number of anilines is 2. The van der Waals surface area contributed by atoms with Gasteiger partial charge in [-0.15, -0.1) is 0 Å². The molecule has 0 aromatic carbocycles. The van der Waals surface area contributed by atoms with E-state index in [0.29, 0.717) is 0 Å². The molecule has 12 heavy (non-hydrogen) atoms. The lowest BCUT2D eigenvalue weighted by atomic mass is 10.3. The highest BCUT2D eigenvalue weighted by molar-refractivity contribution is 9.10. The number of hydrogen-bond donors (Lipinski definition) is 1. The van der Waals surface area contributed by atoms with Crippen molar-refractivity contribution in [3.05, 3.63) is 16.7 Å². The monoisotopic (exact) mass is 227 g/mol. The van der Waals surface area contributed by atoms with E-state index in [1.807, 2.05) is 6.20 Å². The topological polar surface area (TPSA) is 28.2 Å². The fraction of sp³-hybridized carbons (Fsp3) is 0.375. The van der Waals surface area contributed by atoms with Gasteiger partial charge in [0.1, 0.15) is 0 Å². The van der Waals surface area contributed by atoms with Crippen LogP contribution in [0.5, 0.6) is 0 Å². The Morgan fingerprint density at radius 1 is 1.67 bits per heavy atom. The van der Waals surface area contributed by atoms with Gasteiger partial charge in [0.05, 0.1) is 5.69 Å². The van der Waals surface area contributed by atoms with E-state index in [9.17, 15) is 0 Å². The Balaban J connectivity index is 2.46. The molecule has 1 aromatic heterocycles. The van der Waals surface area contributed by atoms with Gasteiger partial charge in [0, 0.05) is 30.8 Å². The second-order valence-corrected chi connectivity index (χ2v) is 3.79. The summed E-state index contributed by atoms with van der Waals surface area (Å²) in [5, 5.41) is 3.30. The molecule has 2 heterocycles. The van der Waals surface area contributed by atoms with Gasteiger partial charge in [0.25, 0.3) is 0 Å². The molecule has 1 N–H and O–H groups in total. The number of fused-ring (bicyclic) bond motifs is 1. The number of pyridine rings is 1. The van der Waals surface area contributed by atoms with Gasteiger partial charge in [-0.25, -0.2) is 4.98 Å². The molecular weight excluding hydrogens is 218 g/mol. The summed E-state index contributed by atoms with van der Waals surface area (Å²) in [4.78, 5) is 6.47. The largest absolute Gasteiger partial charge is 0.380 e. The van der Waals surface area contributed by atoms with Crippen molar-refractivity contribution in [1.29, 1.82) is 0 Å². The van der Waals surface area contributed by atoms with Gasteiger partial charge in [-0.3, -0.25) is 0 Å². The van der Waals surface area contributed by atoms with Gasteiger partial charge in [-0.05, 0) is 22.0 Å². The van der Waals surface area contributed by atoms with Crippen molar-refractivity contribution in [3.63, 3.8) is 0 Å². The highest BCUT2D eigenvalue weighted by Gasteiger charge is 2.13. The number of nitrogens with one attached hydrogen (secondary N) is 1. The van der Waals surface area contributed by atoms with E-state index < -0.39 is 0 Å². The zero-order chi connectivity index (χ0) is 8.55. The lowest BCUT2D eigenvalue weighted by Crippen LogP contribution is -2.31. The molecule has 0 saturated carbocycles. The zero-order valence-electron chi connectivity index (χ0n) is 6.84. The number of nitrogens with zero attached hydrogens (tertiary/aromatic N) is 2. The zero-order valence-corrected chi connectivity index (χ0v) is 8.43. The average Bonchev–Trinajstić information content (AvgIpc) is 2.04. The Labute approximate surface area is 79.9 Å². The smallest absolute Gasteiger partial charge is 0.151 e. The molecule has 1 aromatic rings. The fourth-order valence-electron chi connectivity index (χ4n) is 1.33. The van der Waals surface area contributed by atoms with Crippen molar-refractivity contribution in [2.45, 2.75) is 0 Å². The van der Waals surface area contributed by atoms with Gasteiger partial charge in [-0.1, -0.05) is 0 Å². The summed E-state index contributed by atoms with van der Waals surface area (Å²) in [5.41, 5.74) is 1.11. The van der Waals surface area contributed by atoms with Crippen molar-refractivity contribution in [2.75, 3.05) is 30.4 Å². The quantitative estimate of drug-likeness (QED) is 0.732. The summed E-state index contributed by atoms with van der Waals surface area (Å²) >= 11 is 3.39. The first-order chi connectivity index (χ1) is 5.77. The predicted molar refractivity (Wildman–Crippen MR) is 53.7 cm³/mol. The van der Waals surface area contributed by atoms with E-state index in [1.165, 1.54) is 0 Å². The standard InChI is InChI=1S/C8H10BrN3/c1-12-3-2-10-7-4-6(9)5-11-8(7)12/h4-5,10H,2-3H2,1H3. The minimum atomic E-state index is 0.988. The number of halogens is 1. The summed E-state index contributed by atoms with van der Waals surface area (Å²) in [6.45, 7) is 2.00. The van der Waals surface area contributed by atoms with Gasteiger partial charge < -0.3 is 10.2 Å². The third kappa shape index (κ3) is 1.27. The first-order valence-electron chi connectivity index (χ1n) is 3.88.